The molecule has 7 aliphatic rings. The molecule has 1 unspecified atom stereocenters. The van der Waals surface area contributed by atoms with Gasteiger partial charge in [-0.25, -0.2) is 4.79 Å². The molecule has 5 heteroatoms. The van der Waals surface area contributed by atoms with E-state index in [0.29, 0.717) is 46.3 Å². The number of carboxylic acids is 1. The van der Waals surface area contributed by atoms with Crippen LogP contribution in [-0.4, -0.2) is 59.9 Å². The predicted octanol–water partition coefficient (Wildman–Crippen LogP) is 8.85. The lowest BCUT2D eigenvalue weighted by Gasteiger charge is -2.72. The Balaban J connectivity index is 1.07. The molecule has 2 bridgehead atoms. The van der Waals surface area contributed by atoms with E-state index in [4.69, 9.17) is 4.74 Å². The van der Waals surface area contributed by atoms with Crippen LogP contribution >= 0.6 is 0 Å². The molecule has 2 N–H and O–H groups in total. The average Bonchev–Trinajstić information content (AvgIpc) is 3.76. The number of hydrogen-bond donors (Lipinski definition) is 2. The zero-order chi connectivity index (χ0) is 33.9. The largest absolute Gasteiger partial charge is 0.478 e. The highest BCUT2D eigenvalue weighted by Crippen LogP contribution is 2.76. The molecule has 0 radical (unpaired) electrons. The fourth-order valence-electron chi connectivity index (χ4n) is 14.5. The summed E-state index contributed by atoms with van der Waals surface area (Å²) in [5.41, 5.74) is 5.64. The average molecular weight is 655 g/mol. The minimum atomic E-state index is -0.853. The van der Waals surface area contributed by atoms with Crippen molar-refractivity contribution in [3.8, 4) is 0 Å². The maximum Gasteiger partial charge on any atom is 0.335 e. The number of morpholine rings is 1. The molecule has 6 fully saturated rings. The Kier molecular flexibility index (Phi) is 7.80. The smallest absolute Gasteiger partial charge is 0.335 e. The highest BCUT2D eigenvalue weighted by molar-refractivity contribution is 5.88. The van der Waals surface area contributed by atoms with E-state index in [9.17, 15) is 9.90 Å². The Morgan fingerprint density at radius 3 is 2.42 bits per heavy atom. The molecule has 5 nitrogen and oxygen atoms in total. The van der Waals surface area contributed by atoms with Crippen LogP contribution < -0.4 is 5.32 Å². The monoisotopic (exact) mass is 654 g/mol. The molecule has 11 atom stereocenters. The molecule has 2 saturated heterocycles. The number of carbonyl (C=O) groups is 1. The van der Waals surface area contributed by atoms with Gasteiger partial charge in [-0.05, 0) is 146 Å². The first-order valence-corrected chi connectivity index (χ1v) is 19.5. The molecular weight excluding hydrogens is 592 g/mol. The summed E-state index contributed by atoms with van der Waals surface area (Å²) in [6, 6.07) is 8.31. The number of benzene rings is 1. The number of ether oxygens (including phenoxy) is 1. The van der Waals surface area contributed by atoms with E-state index < -0.39 is 5.97 Å². The number of rotatable bonds is 7. The van der Waals surface area contributed by atoms with Crippen molar-refractivity contribution in [1.82, 2.24) is 10.2 Å². The van der Waals surface area contributed by atoms with Gasteiger partial charge in [0.15, 0.2) is 0 Å². The predicted molar refractivity (Wildman–Crippen MR) is 194 cm³/mol. The zero-order valence-corrected chi connectivity index (χ0v) is 30.7. The van der Waals surface area contributed by atoms with Crippen LogP contribution in [-0.2, 0) is 4.74 Å². The third kappa shape index (κ3) is 4.61. The normalized spacial score (nSPS) is 45.9. The summed E-state index contributed by atoms with van der Waals surface area (Å²) in [5.74, 6) is 2.56. The zero-order valence-electron chi connectivity index (χ0n) is 30.7. The number of carboxylic acid groups (broad SMARTS) is 1. The van der Waals surface area contributed by atoms with E-state index in [2.05, 4.69) is 64.4 Å². The van der Waals surface area contributed by atoms with Gasteiger partial charge in [-0.15, -0.1) is 0 Å². The number of likely N-dealkylation sites (tertiary alicyclic amines) is 1. The number of hydrogen-bond acceptors (Lipinski definition) is 4. The molecule has 5 aliphatic carbocycles. The minimum Gasteiger partial charge on any atom is -0.478 e. The van der Waals surface area contributed by atoms with E-state index in [0.717, 1.165) is 44.5 Å². The van der Waals surface area contributed by atoms with Crippen LogP contribution in [0.15, 0.2) is 42.5 Å². The number of allylic oxidation sites excluding steroid dienone is 3. The van der Waals surface area contributed by atoms with E-state index in [1.807, 2.05) is 12.1 Å². The first kappa shape index (κ1) is 33.2. The molecule has 1 aromatic carbocycles. The highest BCUT2D eigenvalue weighted by Gasteiger charge is 2.70. The van der Waals surface area contributed by atoms with Gasteiger partial charge in [0.05, 0.1) is 18.3 Å². The van der Waals surface area contributed by atoms with Gasteiger partial charge in [-0.3, -0.25) is 4.90 Å². The lowest BCUT2D eigenvalue weighted by atomic mass is 9.33. The van der Waals surface area contributed by atoms with E-state index in [-0.39, 0.29) is 16.4 Å². The molecule has 2 aliphatic heterocycles. The Bertz CT molecular complexity index is 1500. The topological polar surface area (TPSA) is 61.8 Å². The lowest BCUT2D eigenvalue weighted by Crippen LogP contribution is -2.68. The summed E-state index contributed by atoms with van der Waals surface area (Å²) < 4.78 is 5.91. The molecule has 0 spiro atoms. The number of fused-ring (bicyclic) bond motifs is 9. The first-order valence-electron chi connectivity index (χ1n) is 19.5. The van der Waals surface area contributed by atoms with Crippen LogP contribution in [0.5, 0.6) is 0 Å². The molecule has 48 heavy (non-hydrogen) atoms. The lowest BCUT2D eigenvalue weighted by molar-refractivity contribution is -0.219. The van der Waals surface area contributed by atoms with Crippen molar-refractivity contribution in [3.05, 3.63) is 53.6 Å². The molecular formula is C43H62N2O3. The summed E-state index contributed by atoms with van der Waals surface area (Å²) >= 11 is 0. The number of nitrogens with zero attached hydrogens (tertiary/aromatic N) is 1. The molecule has 8 rings (SSSR count). The van der Waals surface area contributed by atoms with Crippen molar-refractivity contribution in [2.75, 3.05) is 26.2 Å². The van der Waals surface area contributed by atoms with E-state index in [1.165, 1.54) is 74.5 Å². The Hall–Kier alpha value is -1.95. The standard InChI is InChI=1S/C43H62N2O3/c1-27(2)32-14-19-43(44-22-23-45-25-31-24-30(45)26-48-31)21-20-41(6)34(37(32)43)12-13-36-40(5)17-15-33(28-8-10-29(11-9-28)38(46)47)39(3,4)35(40)16-18-42(36,41)7/h8-11,15,30-32,34-37,44H,1,12-14,16-26H2,2-7H3,(H,46,47)/t30?,31-,32-,34+,35-,36+,37+,40-,41+,42+,43-/m0/s1. The third-order valence-electron chi connectivity index (χ3n) is 17.0. The SMILES string of the molecule is C=C(C)[C@@H]1CC[C@]2(NCCN3C[C@@H]4CC3CO4)CC[C@]3(C)[C@H](CC[C@@H]4[C@@]5(C)CC=C(c6ccc(C(=O)O)cc6)C(C)(C)[C@@H]5CC[C@]43C)[C@@H]12. The van der Waals surface area contributed by atoms with E-state index >= 15 is 0 Å². The van der Waals surface area contributed by atoms with Gasteiger partial charge in [0.25, 0.3) is 0 Å². The minimum absolute atomic E-state index is 0.0416. The summed E-state index contributed by atoms with van der Waals surface area (Å²) in [5, 5.41) is 13.8. The molecule has 262 valence electrons. The fourth-order valence-corrected chi connectivity index (χ4v) is 14.5. The van der Waals surface area contributed by atoms with Gasteiger partial charge in [0.1, 0.15) is 0 Å². The molecule has 0 amide bonds. The maximum atomic E-state index is 11.6. The van der Waals surface area contributed by atoms with Crippen molar-refractivity contribution >= 4 is 11.5 Å². The Labute approximate surface area is 290 Å². The van der Waals surface area contributed by atoms with Crippen molar-refractivity contribution < 1.29 is 14.6 Å². The summed E-state index contributed by atoms with van der Waals surface area (Å²) in [7, 11) is 0. The van der Waals surface area contributed by atoms with Crippen LogP contribution in [0.1, 0.15) is 122 Å². The molecule has 4 saturated carbocycles. The van der Waals surface area contributed by atoms with Crippen molar-refractivity contribution in [1.29, 1.82) is 0 Å². The molecule has 2 heterocycles. The van der Waals surface area contributed by atoms with Gasteiger partial charge in [0.2, 0.25) is 0 Å². The second-order valence-electron chi connectivity index (χ2n) is 19.0. The third-order valence-corrected chi connectivity index (χ3v) is 17.0. The van der Waals surface area contributed by atoms with Crippen LogP contribution in [0, 0.1) is 51.2 Å². The van der Waals surface area contributed by atoms with Crippen molar-refractivity contribution in [2.45, 2.75) is 123 Å². The Morgan fingerprint density at radius 2 is 1.75 bits per heavy atom. The maximum absolute atomic E-state index is 11.6. The fraction of sp³-hybridized carbons (Fsp3) is 0.744. The van der Waals surface area contributed by atoms with Crippen molar-refractivity contribution in [3.63, 3.8) is 0 Å². The Morgan fingerprint density at radius 1 is 0.979 bits per heavy atom. The van der Waals surface area contributed by atoms with E-state index in [1.54, 1.807) is 12.1 Å². The summed E-state index contributed by atoms with van der Waals surface area (Å²) in [4.78, 5) is 14.3. The summed E-state index contributed by atoms with van der Waals surface area (Å²) in [6.45, 7) is 24.4. The quantitative estimate of drug-likeness (QED) is 0.288. The van der Waals surface area contributed by atoms with Gasteiger partial charge in [0, 0.05) is 31.2 Å². The second-order valence-corrected chi connectivity index (χ2v) is 19.0. The van der Waals surface area contributed by atoms with Crippen molar-refractivity contribution in [2.24, 2.45) is 51.2 Å². The van der Waals surface area contributed by atoms with Crippen LogP contribution in [0.2, 0.25) is 0 Å². The van der Waals surface area contributed by atoms with Gasteiger partial charge < -0.3 is 15.2 Å². The van der Waals surface area contributed by atoms with Crippen LogP contribution in [0.3, 0.4) is 0 Å². The molecule has 1 aromatic rings. The second kappa shape index (κ2) is 11.3. The van der Waals surface area contributed by atoms with Gasteiger partial charge >= 0.3 is 5.97 Å². The first-order chi connectivity index (χ1) is 22.7. The number of aromatic carboxylic acids is 1. The molecule has 0 aromatic heterocycles. The number of nitrogens with one attached hydrogen (secondary N) is 1. The highest BCUT2D eigenvalue weighted by atomic mass is 16.5. The van der Waals surface area contributed by atoms with Crippen LogP contribution in [0.4, 0.5) is 0 Å². The van der Waals surface area contributed by atoms with Gasteiger partial charge in [-0.2, -0.15) is 0 Å². The summed E-state index contributed by atoms with van der Waals surface area (Å²) in [6.07, 6.45) is 16.0. The van der Waals surface area contributed by atoms with Gasteiger partial charge in [-0.1, -0.05) is 65.0 Å². The van der Waals surface area contributed by atoms with Crippen LogP contribution in [0.25, 0.3) is 5.57 Å².